The molecule has 0 saturated carbocycles. The van der Waals surface area contributed by atoms with Crippen LogP contribution in [0.5, 0.6) is 0 Å². The fourth-order valence-corrected chi connectivity index (χ4v) is 2.27. The van der Waals surface area contributed by atoms with Crippen LogP contribution in [-0.4, -0.2) is 25.4 Å². The van der Waals surface area contributed by atoms with Gasteiger partial charge in [0.15, 0.2) is 0 Å². The molecule has 1 aromatic carbocycles. The highest BCUT2D eigenvalue weighted by atomic mass is 32.2. The number of carbonyl (C=O) groups excluding carboxylic acids is 1. The van der Waals surface area contributed by atoms with Gasteiger partial charge >= 0.3 is 5.97 Å². The van der Waals surface area contributed by atoms with E-state index in [1.165, 1.54) is 12.1 Å². The molecular formula is C12H15NO5S. The lowest BCUT2D eigenvalue weighted by molar-refractivity contribution is -0.126. The number of amides is 1. The summed E-state index contributed by atoms with van der Waals surface area (Å²) in [6, 6.07) is 4.61. The average Bonchev–Trinajstić information content (AvgIpc) is 2.27. The third-order valence-electron chi connectivity index (χ3n) is 2.32. The van der Waals surface area contributed by atoms with Crippen molar-refractivity contribution in [2.45, 2.75) is 25.7 Å². The normalized spacial score (nSPS) is 11.9. The van der Waals surface area contributed by atoms with Crippen molar-refractivity contribution >= 4 is 21.9 Å². The molecule has 1 rings (SSSR count). The molecule has 0 aliphatic carbocycles. The van der Waals surface area contributed by atoms with E-state index in [-0.39, 0.29) is 10.5 Å². The van der Waals surface area contributed by atoms with E-state index in [9.17, 15) is 18.0 Å². The molecule has 0 aliphatic heterocycles. The summed E-state index contributed by atoms with van der Waals surface area (Å²) in [6.07, 6.45) is 0. The summed E-state index contributed by atoms with van der Waals surface area (Å²) < 4.78 is 25.7. The summed E-state index contributed by atoms with van der Waals surface area (Å²) in [6.45, 7) is 4.77. The second-order valence-corrected chi connectivity index (χ2v) is 6.70. The third-order valence-corrected chi connectivity index (χ3v) is 3.67. The first-order valence-electron chi connectivity index (χ1n) is 5.44. The van der Waals surface area contributed by atoms with E-state index in [0.29, 0.717) is 0 Å². The van der Waals surface area contributed by atoms with E-state index >= 15 is 0 Å². The minimum atomic E-state index is -3.98. The highest BCUT2D eigenvalue weighted by Crippen LogP contribution is 2.16. The molecule has 0 aliphatic rings. The fraction of sp³-hybridized carbons (Fsp3) is 0.333. The predicted octanol–water partition coefficient (Wildman–Crippen LogP) is 1.24. The van der Waals surface area contributed by atoms with Crippen LogP contribution in [0.15, 0.2) is 29.2 Å². The zero-order valence-corrected chi connectivity index (χ0v) is 11.6. The Balaban J connectivity index is 3.02. The van der Waals surface area contributed by atoms with Gasteiger partial charge in [-0.05, 0) is 24.3 Å². The summed E-state index contributed by atoms with van der Waals surface area (Å²) in [7, 11) is -3.98. The van der Waals surface area contributed by atoms with E-state index < -0.39 is 27.3 Å². The summed E-state index contributed by atoms with van der Waals surface area (Å²) in [5.74, 6) is -1.78. The highest BCUT2D eigenvalue weighted by Gasteiger charge is 2.26. The SMILES string of the molecule is CC(C)(C)C(=O)NS(=O)(=O)c1ccc(C(=O)O)cc1. The Kier molecular flexibility index (Phi) is 4.00. The molecule has 0 heterocycles. The Labute approximate surface area is 111 Å². The zero-order chi connectivity index (χ0) is 14.8. The number of benzene rings is 1. The van der Waals surface area contributed by atoms with Gasteiger partial charge in [0.2, 0.25) is 5.91 Å². The molecule has 1 aromatic rings. The number of hydrogen-bond donors (Lipinski definition) is 2. The van der Waals surface area contributed by atoms with Crippen molar-refractivity contribution in [1.82, 2.24) is 4.72 Å². The van der Waals surface area contributed by atoms with E-state index in [2.05, 4.69) is 0 Å². The number of carboxylic acid groups (broad SMARTS) is 1. The topological polar surface area (TPSA) is 101 Å². The summed E-state index contributed by atoms with van der Waals surface area (Å²) in [5.41, 5.74) is -0.866. The van der Waals surface area contributed by atoms with Crippen LogP contribution in [0.4, 0.5) is 0 Å². The maximum Gasteiger partial charge on any atom is 0.335 e. The van der Waals surface area contributed by atoms with Crippen LogP contribution in [0, 0.1) is 5.41 Å². The van der Waals surface area contributed by atoms with Gasteiger partial charge in [-0.2, -0.15) is 0 Å². The molecule has 0 unspecified atom stereocenters. The van der Waals surface area contributed by atoms with Crippen LogP contribution < -0.4 is 4.72 Å². The number of aromatic carboxylic acids is 1. The number of hydrogen-bond acceptors (Lipinski definition) is 4. The maximum atomic E-state index is 11.9. The molecule has 2 N–H and O–H groups in total. The molecule has 0 spiro atoms. The van der Waals surface area contributed by atoms with Gasteiger partial charge in [-0.1, -0.05) is 20.8 Å². The van der Waals surface area contributed by atoms with Crippen LogP contribution in [0.25, 0.3) is 0 Å². The molecule has 0 bridgehead atoms. The fourth-order valence-electron chi connectivity index (χ4n) is 1.11. The number of carboxylic acids is 1. The molecule has 0 fully saturated rings. The van der Waals surface area contributed by atoms with Gasteiger partial charge in [0.05, 0.1) is 10.5 Å². The van der Waals surface area contributed by atoms with Gasteiger partial charge in [-0.25, -0.2) is 17.9 Å². The van der Waals surface area contributed by atoms with Gasteiger partial charge in [0.1, 0.15) is 0 Å². The van der Waals surface area contributed by atoms with Gasteiger partial charge < -0.3 is 5.11 Å². The molecule has 0 radical (unpaired) electrons. The predicted molar refractivity (Wildman–Crippen MR) is 68.2 cm³/mol. The Morgan fingerprint density at radius 1 is 1.11 bits per heavy atom. The van der Waals surface area contributed by atoms with Crippen molar-refractivity contribution in [3.8, 4) is 0 Å². The van der Waals surface area contributed by atoms with Crippen LogP contribution in [0.1, 0.15) is 31.1 Å². The standard InChI is InChI=1S/C12H15NO5S/c1-12(2,3)11(16)13-19(17,18)9-6-4-8(5-7-9)10(14)15/h4-7H,1-3H3,(H,13,16)(H,14,15). The van der Waals surface area contributed by atoms with Crippen LogP contribution in [0.3, 0.4) is 0 Å². The zero-order valence-electron chi connectivity index (χ0n) is 10.8. The number of carbonyl (C=O) groups is 2. The number of nitrogens with one attached hydrogen (secondary N) is 1. The molecule has 0 saturated heterocycles. The lowest BCUT2D eigenvalue weighted by Gasteiger charge is -2.17. The second kappa shape index (κ2) is 5.00. The molecular weight excluding hydrogens is 270 g/mol. The van der Waals surface area contributed by atoms with E-state index in [1.807, 2.05) is 4.72 Å². The Hall–Kier alpha value is -1.89. The molecule has 19 heavy (non-hydrogen) atoms. The van der Waals surface area contributed by atoms with Gasteiger partial charge in [0, 0.05) is 5.41 Å². The number of rotatable bonds is 3. The molecule has 6 nitrogen and oxygen atoms in total. The maximum absolute atomic E-state index is 11.9. The minimum Gasteiger partial charge on any atom is -0.478 e. The third kappa shape index (κ3) is 3.78. The summed E-state index contributed by atoms with van der Waals surface area (Å²) >= 11 is 0. The van der Waals surface area contributed by atoms with E-state index in [0.717, 1.165) is 12.1 Å². The van der Waals surface area contributed by atoms with Gasteiger partial charge in [0.25, 0.3) is 10.0 Å². The largest absolute Gasteiger partial charge is 0.478 e. The van der Waals surface area contributed by atoms with E-state index in [4.69, 9.17) is 5.11 Å². The van der Waals surface area contributed by atoms with Gasteiger partial charge in [-0.3, -0.25) is 4.79 Å². The lowest BCUT2D eigenvalue weighted by atomic mass is 9.96. The van der Waals surface area contributed by atoms with Crippen molar-refractivity contribution in [3.63, 3.8) is 0 Å². The first kappa shape index (κ1) is 15.2. The van der Waals surface area contributed by atoms with Crippen LogP contribution in [0.2, 0.25) is 0 Å². The van der Waals surface area contributed by atoms with Crippen molar-refractivity contribution in [1.29, 1.82) is 0 Å². The first-order valence-corrected chi connectivity index (χ1v) is 6.93. The lowest BCUT2D eigenvalue weighted by Crippen LogP contribution is -2.38. The van der Waals surface area contributed by atoms with Gasteiger partial charge in [-0.15, -0.1) is 0 Å². The van der Waals surface area contributed by atoms with E-state index in [1.54, 1.807) is 20.8 Å². The minimum absolute atomic E-state index is 0.0268. The molecule has 104 valence electrons. The van der Waals surface area contributed by atoms with Crippen LogP contribution in [-0.2, 0) is 14.8 Å². The average molecular weight is 285 g/mol. The second-order valence-electron chi connectivity index (χ2n) is 5.01. The molecule has 7 heteroatoms. The Morgan fingerprint density at radius 2 is 1.58 bits per heavy atom. The molecule has 1 amide bonds. The van der Waals surface area contributed by atoms with Crippen molar-refractivity contribution < 1.29 is 23.1 Å². The quantitative estimate of drug-likeness (QED) is 0.870. The highest BCUT2D eigenvalue weighted by molar-refractivity contribution is 7.90. The summed E-state index contributed by atoms with van der Waals surface area (Å²) in [4.78, 5) is 22.1. The van der Waals surface area contributed by atoms with Crippen molar-refractivity contribution in [2.75, 3.05) is 0 Å². The smallest absolute Gasteiger partial charge is 0.335 e. The van der Waals surface area contributed by atoms with Crippen LogP contribution >= 0.6 is 0 Å². The monoisotopic (exact) mass is 285 g/mol. The molecule has 0 aromatic heterocycles. The Morgan fingerprint density at radius 3 is 1.95 bits per heavy atom. The number of sulfonamides is 1. The van der Waals surface area contributed by atoms with Crippen molar-refractivity contribution in [3.05, 3.63) is 29.8 Å². The first-order chi connectivity index (χ1) is 8.54. The Bertz CT molecular complexity index is 596. The molecule has 0 atom stereocenters. The van der Waals surface area contributed by atoms with Crippen molar-refractivity contribution in [2.24, 2.45) is 5.41 Å². The summed E-state index contributed by atoms with van der Waals surface area (Å²) in [5, 5.41) is 8.71.